The van der Waals surface area contributed by atoms with Crippen LogP contribution in [0.4, 0.5) is 0 Å². The Labute approximate surface area is 207 Å². The van der Waals surface area contributed by atoms with Crippen LogP contribution in [0.5, 0.6) is 11.5 Å². The van der Waals surface area contributed by atoms with Crippen molar-refractivity contribution in [2.45, 2.75) is 52.6 Å². The molecule has 4 aromatic rings. The van der Waals surface area contributed by atoms with Gasteiger partial charge in [-0.25, -0.2) is 4.79 Å². The number of imidazole rings is 1. The van der Waals surface area contributed by atoms with Crippen molar-refractivity contribution in [3.05, 3.63) is 58.1 Å². The summed E-state index contributed by atoms with van der Waals surface area (Å²) in [6.07, 6.45) is 2.65. The standard InChI is InChI=1S/C26H29N5O5/c1-14(2)28-22(32)6-5-11-34-17-9-10-27-20(12-17)21-13-35-25-18(23-15(3)30-36-16(23)4)7-8-19-24(25)31(21)26(33)29-19/h7-10,12,14,21H,5-6,11,13H2,1-4H3,(H,28,32)(H,29,33)/t21-/m0/s1. The van der Waals surface area contributed by atoms with Crippen molar-refractivity contribution >= 4 is 16.9 Å². The van der Waals surface area contributed by atoms with E-state index in [1.165, 1.54) is 0 Å². The second kappa shape index (κ2) is 9.52. The minimum Gasteiger partial charge on any atom is -0.493 e. The number of benzene rings is 1. The fourth-order valence-electron chi connectivity index (χ4n) is 4.67. The number of aryl methyl sites for hydroxylation is 2. The highest BCUT2D eigenvalue weighted by Crippen LogP contribution is 2.42. The van der Waals surface area contributed by atoms with E-state index in [2.05, 4.69) is 20.4 Å². The number of aromatic nitrogens is 4. The highest BCUT2D eigenvalue weighted by atomic mass is 16.5. The van der Waals surface area contributed by atoms with Gasteiger partial charge >= 0.3 is 5.69 Å². The van der Waals surface area contributed by atoms with Crippen LogP contribution in [0.15, 0.2) is 39.8 Å². The Hall–Kier alpha value is -4.08. The monoisotopic (exact) mass is 491 g/mol. The van der Waals surface area contributed by atoms with Crippen LogP contribution in [0.1, 0.15) is 49.9 Å². The van der Waals surface area contributed by atoms with Crippen molar-refractivity contribution in [2.75, 3.05) is 13.2 Å². The van der Waals surface area contributed by atoms with Gasteiger partial charge in [0.25, 0.3) is 0 Å². The van der Waals surface area contributed by atoms with Gasteiger partial charge in [-0.3, -0.25) is 14.3 Å². The van der Waals surface area contributed by atoms with Gasteiger partial charge in [-0.05, 0) is 52.3 Å². The number of rotatable bonds is 8. The minimum absolute atomic E-state index is 0.00819. The Morgan fingerprint density at radius 3 is 2.89 bits per heavy atom. The molecule has 10 nitrogen and oxygen atoms in total. The van der Waals surface area contributed by atoms with Crippen molar-refractivity contribution in [1.29, 1.82) is 0 Å². The molecule has 1 atom stereocenters. The van der Waals surface area contributed by atoms with Gasteiger partial charge in [0.1, 0.15) is 29.7 Å². The molecule has 4 heterocycles. The highest BCUT2D eigenvalue weighted by molar-refractivity contribution is 5.92. The molecule has 0 spiro atoms. The summed E-state index contributed by atoms with van der Waals surface area (Å²) in [7, 11) is 0. The third-order valence-electron chi connectivity index (χ3n) is 6.19. The lowest BCUT2D eigenvalue weighted by Crippen LogP contribution is -2.31. The maximum Gasteiger partial charge on any atom is 0.327 e. The predicted octanol–water partition coefficient (Wildman–Crippen LogP) is 3.66. The number of hydrogen-bond donors (Lipinski definition) is 2. The maximum atomic E-state index is 13.0. The molecule has 1 amide bonds. The third kappa shape index (κ3) is 4.34. The number of H-pyrrole nitrogens is 1. The molecular weight excluding hydrogens is 462 g/mol. The molecular formula is C26H29N5O5. The number of aromatic amines is 1. The summed E-state index contributed by atoms with van der Waals surface area (Å²) < 4.78 is 19.2. The van der Waals surface area contributed by atoms with Crippen LogP contribution in [-0.4, -0.2) is 44.9 Å². The van der Waals surface area contributed by atoms with Gasteiger partial charge in [-0.1, -0.05) is 5.16 Å². The number of nitrogens with one attached hydrogen (secondary N) is 2. The maximum absolute atomic E-state index is 13.0. The first-order chi connectivity index (χ1) is 17.3. The molecule has 36 heavy (non-hydrogen) atoms. The van der Waals surface area contributed by atoms with E-state index in [1.54, 1.807) is 16.8 Å². The predicted molar refractivity (Wildman–Crippen MR) is 133 cm³/mol. The Bertz CT molecular complexity index is 1460. The number of carbonyl (C=O) groups is 1. The average molecular weight is 492 g/mol. The Morgan fingerprint density at radius 2 is 2.14 bits per heavy atom. The van der Waals surface area contributed by atoms with E-state index < -0.39 is 6.04 Å². The van der Waals surface area contributed by atoms with Crippen LogP contribution in [0, 0.1) is 13.8 Å². The summed E-state index contributed by atoms with van der Waals surface area (Å²) >= 11 is 0. The van der Waals surface area contributed by atoms with Crippen molar-refractivity contribution < 1.29 is 18.8 Å². The number of hydrogen-bond acceptors (Lipinski definition) is 7. The molecule has 1 aliphatic rings. The molecule has 0 radical (unpaired) electrons. The molecule has 0 bridgehead atoms. The molecule has 1 aliphatic heterocycles. The molecule has 188 valence electrons. The summed E-state index contributed by atoms with van der Waals surface area (Å²) in [6, 6.07) is 7.05. The second-order valence-corrected chi connectivity index (χ2v) is 9.26. The quantitative estimate of drug-likeness (QED) is 0.361. The zero-order chi connectivity index (χ0) is 25.4. The smallest absolute Gasteiger partial charge is 0.327 e. The van der Waals surface area contributed by atoms with Gasteiger partial charge in [0, 0.05) is 30.3 Å². The molecule has 2 N–H and O–H groups in total. The summed E-state index contributed by atoms with van der Waals surface area (Å²) in [6.45, 7) is 8.22. The third-order valence-corrected chi connectivity index (χ3v) is 6.19. The Balaban J connectivity index is 1.41. The minimum atomic E-state index is -0.431. The van der Waals surface area contributed by atoms with Crippen molar-refractivity contribution in [1.82, 2.24) is 25.0 Å². The zero-order valence-electron chi connectivity index (χ0n) is 20.8. The van der Waals surface area contributed by atoms with E-state index in [0.717, 1.165) is 16.8 Å². The van der Waals surface area contributed by atoms with E-state index in [0.29, 0.717) is 53.4 Å². The van der Waals surface area contributed by atoms with Crippen molar-refractivity contribution in [3.8, 4) is 22.6 Å². The van der Waals surface area contributed by atoms with Crippen molar-refractivity contribution in [2.24, 2.45) is 0 Å². The van der Waals surface area contributed by atoms with Gasteiger partial charge in [0.05, 0.1) is 29.1 Å². The van der Waals surface area contributed by atoms with Gasteiger partial charge in [-0.2, -0.15) is 0 Å². The lowest BCUT2D eigenvalue weighted by Gasteiger charge is -2.26. The van der Waals surface area contributed by atoms with E-state index in [-0.39, 0.29) is 24.2 Å². The molecule has 5 rings (SSSR count). The molecule has 1 aromatic carbocycles. The first-order valence-electron chi connectivity index (χ1n) is 12.0. The highest BCUT2D eigenvalue weighted by Gasteiger charge is 2.31. The Kier molecular flexibility index (Phi) is 6.26. The lowest BCUT2D eigenvalue weighted by molar-refractivity contribution is -0.121. The molecule has 3 aromatic heterocycles. The van der Waals surface area contributed by atoms with Crippen LogP contribution in [-0.2, 0) is 4.79 Å². The second-order valence-electron chi connectivity index (χ2n) is 9.26. The average Bonchev–Trinajstić information content (AvgIpc) is 3.36. The summed E-state index contributed by atoms with van der Waals surface area (Å²) in [4.78, 5) is 32.3. The fourth-order valence-corrected chi connectivity index (χ4v) is 4.67. The van der Waals surface area contributed by atoms with Gasteiger partial charge < -0.3 is 24.3 Å². The molecule has 0 unspecified atom stereocenters. The lowest BCUT2D eigenvalue weighted by atomic mass is 10.0. The molecule has 0 aliphatic carbocycles. The van der Waals surface area contributed by atoms with Crippen LogP contribution in [0.25, 0.3) is 22.2 Å². The normalized spacial score (nSPS) is 14.8. The molecule has 0 saturated carbocycles. The molecule has 0 saturated heterocycles. The fraction of sp³-hybridized carbons (Fsp3) is 0.385. The first kappa shape index (κ1) is 23.7. The molecule has 10 heteroatoms. The van der Waals surface area contributed by atoms with Gasteiger partial charge in [-0.15, -0.1) is 0 Å². The van der Waals surface area contributed by atoms with E-state index in [4.69, 9.17) is 14.0 Å². The number of carbonyl (C=O) groups excluding carboxylic acids is 1. The summed E-state index contributed by atoms with van der Waals surface area (Å²) in [5, 5.41) is 6.94. The Morgan fingerprint density at radius 1 is 1.31 bits per heavy atom. The van der Waals surface area contributed by atoms with E-state index >= 15 is 0 Å². The summed E-state index contributed by atoms with van der Waals surface area (Å²) in [5.41, 5.74) is 4.23. The first-order valence-corrected chi connectivity index (χ1v) is 12.0. The van der Waals surface area contributed by atoms with E-state index in [1.807, 2.05) is 45.9 Å². The molecule has 0 fully saturated rings. The topological polar surface area (TPSA) is 124 Å². The van der Waals surface area contributed by atoms with Crippen molar-refractivity contribution in [3.63, 3.8) is 0 Å². The van der Waals surface area contributed by atoms with Crippen LogP contribution in [0.2, 0.25) is 0 Å². The summed E-state index contributed by atoms with van der Waals surface area (Å²) in [5.74, 6) is 1.93. The number of ether oxygens (including phenoxy) is 2. The number of nitrogens with zero attached hydrogens (tertiary/aromatic N) is 3. The number of amides is 1. The van der Waals surface area contributed by atoms with Crippen LogP contribution in [0.3, 0.4) is 0 Å². The van der Waals surface area contributed by atoms with Crippen LogP contribution >= 0.6 is 0 Å². The van der Waals surface area contributed by atoms with Gasteiger partial charge in [0.15, 0.2) is 5.75 Å². The van der Waals surface area contributed by atoms with Crippen LogP contribution < -0.4 is 20.5 Å². The zero-order valence-corrected chi connectivity index (χ0v) is 20.8. The largest absolute Gasteiger partial charge is 0.493 e. The van der Waals surface area contributed by atoms with E-state index in [9.17, 15) is 9.59 Å². The SMILES string of the molecule is Cc1noc(C)c1-c1ccc2[nH]c(=O)n3c2c1OC[C@H]3c1cc(OCCCC(=O)NC(C)C)ccn1. The number of pyridine rings is 1. The van der Waals surface area contributed by atoms with Gasteiger partial charge in [0.2, 0.25) is 5.91 Å².